The minimum absolute atomic E-state index is 0.227. The minimum Gasteiger partial charge on any atom is -0.493 e. The third-order valence-electron chi connectivity index (χ3n) is 4.17. The molecule has 0 saturated heterocycles. The number of aryl methyl sites for hydroxylation is 1. The lowest BCUT2D eigenvalue weighted by Crippen LogP contribution is -2.05. The molecule has 1 unspecified atom stereocenters. The van der Waals surface area contributed by atoms with E-state index in [1.165, 1.54) is 5.56 Å². The van der Waals surface area contributed by atoms with Crippen molar-refractivity contribution in [3.63, 3.8) is 0 Å². The Hall–Kier alpha value is -2.67. The average Bonchev–Trinajstić information content (AvgIpc) is 3.03. The van der Waals surface area contributed by atoms with Gasteiger partial charge in [-0.05, 0) is 48.7 Å². The lowest BCUT2D eigenvalue weighted by atomic mass is 9.97. The van der Waals surface area contributed by atoms with E-state index in [-0.39, 0.29) is 12.7 Å². The predicted molar refractivity (Wildman–Crippen MR) is 86.9 cm³/mol. The summed E-state index contributed by atoms with van der Waals surface area (Å²) in [7, 11) is 0. The summed E-state index contributed by atoms with van der Waals surface area (Å²) in [5.74, 6) is 2.09. The van der Waals surface area contributed by atoms with E-state index in [4.69, 9.17) is 14.2 Å². The summed E-state index contributed by atoms with van der Waals surface area (Å²) in [6, 6.07) is 14.0. The second kappa shape index (κ2) is 6.62. The van der Waals surface area contributed by atoms with E-state index in [0.29, 0.717) is 18.8 Å². The number of benzene rings is 2. The Kier molecular flexibility index (Phi) is 4.38. The molecule has 0 fully saturated rings. The highest BCUT2D eigenvalue weighted by molar-refractivity contribution is 5.46. The highest BCUT2D eigenvalue weighted by Gasteiger charge is 2.18. The molecule has 2 aromatic rings. The molecule has 0 bridgehead atoms. The summed E-state index contributed by atoms with van der Waals surface area (Å²) in [6.45, 7) is 4.85. The lowest BCUT2D eigenvalue weighted by molar-refractivity contribution is 0.174. The summed E-state index contributed by atoms with van der Waals surface area (Å²) in [4.78, 5) is 0. The van der Waals surface area contributed by atoms with Crippen LogP contribution in [-0.4, -0.2) is 13.4 Å². The molecule has 118 valence electrons. The Balaban J connectivity index is 1.64. The van der Waals surface area contributed by atoms with Gasteiger partial charge in [0.05, 0.1) is 18.6 Å². The van der Waals surface area contributed by atoms with Gasteiger partial charge in [0, 0.05) is 6.42 Å². The van der Waals surface area contributed by atoms with Crippen LogP contribution in [0, 0.1) is 25.2 Å². The van der Waals surface area contributed by atoms with Gasteiger partial charge in [0.15, 0.2) is 11.5 Å². The van der Waals surface area contributed by atoms with Crippen molar-refractivity contribution in [2.75, 3.05) is 13.4 Å². The first-order valence-electron chi connectivity index (χ1n) is 7.67. The quantitative estimate of drug-likeness (QED) is 0.834. The lowest BCUT2D eigenvalue weighted by Gasteiger charge is -2.13. The van der Waals surface area contributed by atoms with Crippen molar-refractivity contribution in [3.05, 3.63) is 53.1 Å². The molecular weight excluding hydrogens is 290 g/mol. The first kappa shape index (κ1) is 15.2. The van der Waals surface area contributed by atoms with Crippen LogP contribution < -0.4 is 14.2 Å². The van der Waals surface area contributed by atoms with Crippen LogP contribution in [0.5, 0.6) is 17.2 Å². The van der Waals surface area contributed by atoms with Crippen LogP contribution in [0.4, 0.5) is 0 Å². The Morgan fingerprint density at radius 2 is 2.00 bits per heavy atom. The van der Waals surface area contributed by atoms with Gasteiger partial charge in [-0.15, -0.1) is 0 Å². The fraction of sp³-hybridized carbons (Fsp3) is 0.316. The van der Waals surface area contributed by atoms with Gasteiger partial charge >= 0.3 is 0 Å². The fourth-order valence-corrected chi connectivity index (χ4v) is 2.60. The number of hydrogen-bond acceptors (Lipinski definition) is 4. The molecule has 0 spiro atoms. The van der Waals surface area contributed by atoms with Crippen molar-refractivity contribution in [1.29, 1.82) is 5.26 Å². The van der Waals surface area contributed by atoms with Crippen LogP contribution in [0.2, 0.25) is 0 Å². The monoisotopic (exact) mass is 309 g/mol. The van der Waals surface area contributed by atoms with Gasteiger partial charge in [0.2, 0.25) is 6.79 Å². The van der Waals surface area contributed by atoms with Crippen LogP contribution in [0.15, 0.2) is 36.4 Å². The number of nitrogens with zero attached hydrogens (tertiary/aromatic N) is 1. The zero-order chi connectivity index (χ0) is 16.2. The topological polar surface area (TPSA) is 51.5 Å². The summed E-state index contributed by atoms with van der Waals surface area (Å²) in [5.41, 5.74) is 3.28. The molecule has 23 heavy (non-hydrogen) atoms. The molecule has 3 rings (SSSR count). The van der Waals surface area contributed by atoms with Crippen LogP contribution in [0.1, 0.15) is 29.0 Å². The van der Waals surface area contributed by atoms with Crippen molar-refractivity contribution in [2.45, 2.75) is 26.2 Å². The van der Waals surface area contributed by atoms with Crippen molar-refractivity contribution >= 4 is 0 Å². The van der Waals surface area contributed by atoms with Gasteiger partial charge in [0.1, 0.15) is 5.75 Å². The smallest absolute Gasteiger partial charge is 0.231 e. The van der Waals surface area contributed by atoms with Crippen LogP contribution in [0.25, 0.3) is 0 Å². The molecule has 0 aliphatic carbocycles. The standard InChI is InChI=1S/C19H19NO3/c1-13-4-3-5-17(14(13)2)21-9-8-16(11-20)15-6-7-18-19(10-15)23-12-22-18/h3-7,10,16H,8-9,12H2,1-2H3. The molecular formula is C19H19NO3. The van der Waals surface area contributed by atoms with Gasteiger partial charge in [0.25, 0.3) is 0 Å². The Labute approximate surface area is 136 Å². The molecule has 2 aromatic carbocycles. The van der Waals surface area contributed by atoms with Gasteiger partial charge in [-0.2, -0.15) is 5.26 Å². The largest absolute Gasteiger partial charge is 0.493 e. The molecule has 4 heteroatoms. The molecule has 1 aliphatic heterocycles. The molecule has 0 aromatic heterocycles. The summed E-state index contributed by atoms with van der Waals surface area (Å²) >= 11 is 0. The third kappa shape index (κ3) is 3.24. The van der Waals surface area contributed by atoms with E-state index in [1.54, 1.807) is 0 Å². The first-order valence-corrected chi connectivity index (χ1v) is 7.67. The summed E-state index contributed by atoms with van der Waals surface area (Å²) < 4.78 is 16.5. The second-order valence-corrected chi connectivity index (χ2v) is 5.63. The van der Waals surface area contributed by atoms with Gasteiger partial charge < -0.3 is 14.2 Å². The van der Waals surface area contributed by atoms with Crippen LogP contribution in [-0.2, 0) is 0 Å². The summed E-state index contributed by atoms with van der Waals surface area (Å²) in [5, 5.41) is 9.45. The highest BCUT2D eigenvalue weighted by Crippen LogP contribution is 2.35. The van der Waals surface area contributed by atoms with E-state index in [0.717, 1.165) is 22.6 Å². The normalized spacial score (nSPS) is 13.4. The Bertz CT molecular complexity index is 749. The molecule has 1 heterocycles. The fourth-order valence-electron chi connectivity index (χ4n) is 2.60. The summed E-state index contributed by atoms with van der Waals surface area (Å²) in [6.07, 6.45) is 0.628. The highest BCUT2D eigenvalue weighted by atomic mass is 16.7. The molecule has 0 amide bonds. The average molecular weight is 309 g/mol. The third-order valence-corrected chi connectivity index (χ3v) is 4.17. The second-order valence-electron chi connectivity index (χ2n) is 5.63. The van der Waals surface area contributed by atoms with Crippen LogP contribution in [0.3, 0.4) is 0 Å². The number of hydrogen-bond donors (Lipinski definition) is 0. The van der Waals surface area contributed by atoms with Crippen molar-refractivity contribution in [3.8, 4) is 23.3 Å². The van der Waals surface area contributed by atoms with Gasteiger partial charge in [-0.1, -0.05) is 18.2 Å². The Morgan fingerprint density at radius 3 is 2.83 bits per heavy atom. The van der Waals surface area contributed by atoms with Crippen molar-refractivity contribution in [1.82, 2.24) is 0 Å². The number of nitriles is 1. The van der Waals surface area contributed by atoms with E-state index < -0.39 is 0 Å². The van der Waals surface area contributed by atoms with E-state index in [9.17, 15) is 5.26 Å². The van der Waals surface area contributed by atoms with E-state index >= 15 is 0 Å². The zero-order valence-electron chi connectivity index (χ0n) is 13.3. The maximum atomic E-state index is 9.45. The maximum absolute atomic E-state index is 9.45. The minimum atomic E-state index is -0.227. The zero-order valence-corrected chi connectivity index (χ0v) is 13.3. The molecule has 1 aliphatic rings. The Morgan fingerprint density at radius 1 is 1.17 bits per heavy atom. The van der Waals surface area contributed by atoms with E-state index in [2.05, 4.69) is 19.1 Å². The van der Waals surface area contributed by atoms with Gasteiger partial charge in [-0.3, -0.25) is 0 Å². The van der Waals surface area contributed by atoms with Crippen molar-refractivity contribution < 1.29 is 14.2 Å². The molecule has 0 radical (unpaired) electrons. The maximum Gasteiger partial charge on any atom is 0.231 e. The SMILES string of the molecule is Cc1cccc(OCCC(C#N)c2ccc3c(c2)OCO3)c1C. The molecule has 0 N–H and O–H groups in total. The number of fused-ring (bicyclic) bond motifs is 1. The number of rotatable bonds is 5. The molecule has 4 nitrogen and oxygen atoms in total. The van der Waals surface area contributed by atoms with Gasteiger partial charge in [-0.25, -0.2) is 0 Å². The number of ether oxygens (including phenoxy) is 3. The van der Waals surface area contributed by atoms with E-state index in [1.807, 2.05) is 37.3 Å². The predicted octanol–water partition coefficient (Wildman–Crippen LogP) is 4.11. The van der Waals surface area contributed by atoms with Crippen LogP contribution >= 0.6 is 0 Å². The first-order chi connectivity index (χ1) is 11.2. The molecule has 0 saturated carbocycles. The molecule has 1 atom stereocenters. The van der Waals surface area contributed by atoms with Crippen molar-refractivity contribution in [2.24, 2.45) is 0 Å².